The molecule has 188 valence electrons. The van der Waals surface area contributed by atoms with Crippen LogP contribution in [0.25, 0.3) is 0 Å². The second-order valence-corrected chi connectivity index (χ2v) is 9.06. The molecule has 4 rings (SSSR count). The van der Waals surface area contributed by atoms with Crippen molar-refractivity contribution < 1.29 is 23.9 Å². The summed E-state index contributed by atoms with van der Waals surface area (Å²) in [6, 6.07) is 19.1. The van der Waals surface area contributed by atoms with Crippen molar-refractivity contribution in [3.63, 3.8) is 0 Å². The number of carbonyl (C=O) groups excluding carboxylic acids is 4. The SMILES string of the molecule is CC(C)OC(=O)c1cccc(N2C(=O)C(Cl)=C(Nc3cccc(C(=O)Nc4ccccc4Cl)c3)C2=O)c1. The number of hydrogen-bond donors (Lipinski definition) is 2. The fourth-order valence-corrected chi connectivity index (χ4v) is 3.94. The van der Waals surface area contributed by atoms with Gasteiger partial charge in [-0.05, 0) is 62.4 Å². The van der Waals surface area contributed by atoms with E-state index in [2.05, 4.69) is 10.6 Å². The highest BCUT2D eigenvalue weighted by atomic mass is 35.5. The number of anilines is 3. The van der Waals surface area contributed by atoms with Crippen LogP contribution in [0.5, 0.6) is 0 Å². The monoisotopic (exact) mass is 537 g/mol. The molecule has 0 aromatic heterocycles. The van der Waals surface area contributed by atoms with Crippen LogP contribution in [-0.2, 0) is 14.3 Å². The van der Waals surface area contributed by atoms with E-state index in [0.29, 0.717) is 16.4 Å². The first kappa shape index (κ1) is 25.9. The Balaban J connectivity index is 1.54. The summed E-state index contributed by atoms with van der Waals surface area (Å²) in [5.74, 6) is -2.47. The lowest BCUT2D eigenvalue weighted by atomic mass is 10.1. The average molecular weight is 538 g/mol. The molecule has 8 nitrogen and oxygen atoms in total. The lowest BCUT2D eigenvalue weighted by Gasteiger charge is -2.16. The minimum atomic E-state index is -0.754. The third-order valence-corrected chi connectivity index (χ3v) is 5.91. The molecule has 3 aromatic carbocycles. The summed E-state index contributed by atoms with van der Waals surface area (Å²) in [5.41, 5.74) is 1.27. The first-order chi connectivity index (χ1) is 17.7. The molecule has 0 radical (unpaired) electrons. The highest BCUT2D eigenvalue weighted by Gasteiger charge is 2.39. The number of ether oxygens (including phenoxy) is 1. The number of imide groups is 1. The molecular formula is C27H21Cl2N3O5. The molecule has 0 saturated heterocycles. The van der Waals surface area contributed by atoms with Crippen LogP contribution in [0.15, 0.2) is 83.5 Å². The largest absolute Gasteiger partial charge is 0.459 e. The minimum Gasteiger partial charge on any atom is -0.459 e. The van der Waals surface area contributed by atoms with Crippen molar-refractivity contribution in [2.24, 2.45) is 0 Å². The van der Waals surface area contributed by atoms with Crippen molar-refractivity contribution >= 4 is 64.0 Å². The number of rotatable bonds is 7. The zero-order valence-corrected chi connectivity index (χ0v) is 21.3. The maximum Gasteiger partial charge on any atom is 0.338 e. The van der Waals surface area contributed by atoms with E-state index in [1.807, 2.05) is 0 Å². The van der Waals surface area contributed by atoms with E-state index < -0.39 is 23.7 Å². The van der Waals surface area contributed by atoms with Gasteiger partial charge >= 0.3 is 5.97 Å². The fraction of sp³-hybridized carbons (Fsp3) is 0.111. The molecule has 10 heteroatoms. The zero-order chi connectivity index (χ0) is 26.7. The molecule has 0 fully saturated rings. The van der Waals surface area contributed by atoms with Gasteiger partial charge < -0.3 is 15.4 Å². The smallest absolute Gasteiger partial charge is 0.338 e. The van der Waals surface area contributed by atoms with Gasteiger partial charge in [-0.25, -0.2) is 9.69 Å². The number of para-hydroxylation sites is 1. The van der Waals surface area contributed by atoms with Crippen LogP contribution in [0, 0.1) is 0 Å². The Kier molecular flexibility index (Phi) is 7.61. The van der Waals surface area contributed by atoms with Crippen LogP contribution < -0.4 is 15.5 Å². The van der Waals surface area contributed by atoms with Crippen LogP contribution in [-0.4, -0.2) is 29.8 Å². The first-order valence-corrected chi connectivity index (χ1v) is 11.9. The molecule has 0 unspecified atom stereocenters. The van der Waals surface area contributed by atoms with Crippen LogP contribution in [0.2, 0.25) is 5.02 Å². The third kappa shape index (κ3) is 5.66. The van der Waals surface area contributed by atoms with Crippen molar-refractivity contribution in [2.45, 2.75) is 20.0 Å². The fourth-order valence-electron chi connectivity index (χ4n) is 3.54. The molecule has 1 heterocycles. The predicted molar refractivity (Wildman–Crippen MR) is 142 cm³/mol. The van der Waals surface area contributed by atoms with Gasteiger partial charge in [-0.3, -0.25) is 14.4 Å². The maximum atomic E-state index is 13.2. The van der Waals surface area contributed by atoms with Crippen LogP contribution in [0.4, 0.5) is 17.1 Å². The summed E-state index contributed by atoms with van der Waals surface area (Å²) >= 11 is 12.3. The molecule has 0 saturated carbocycles. The van der Waals surface area contributed by atoms with Gasteiger partial charge in [0, 0.05) is 11.3 Å². The van der Waals surface area contributed by atoms with Crippen molar-refractivity contribution in [1.82, 2.24) is 0 Å². The van der Waals surface area contributed by atoms with Crippen LogP contribution in [0.1, 0.15) is 34.6 Å². The van der Waals surface area contributed by atoms with Gasteiger partial charge in [0.2, 0.25) is 0 Å². The Labute approximate surface area is 222 Å². The summed E-state index contributed by atoms with van der Waals surface area (Å²) in [7, 11) is 0. The van der Waals surface area contributed by atoms with E-state index in [4.69, 9.17) is 27.9 Å². The first-order valence-electron chi connectivity index (χ1n) is 11.2. The summed E-state index contributed by atoms with van der Waals surface area (Å²) in [6.45, 7) is 3.43. The lowest BCUT2D eigenvalue weighted by molar-refractivity contribution is -0.120. The second-order valence-electron chi connectivity index (χ2n) is 8.28. The molecule has 0 bridgehead atoms. The van der Waals surface area contributed by atoms with Gasteiger partial charge in [0.1, 0.15) is 10.7 Å². The van der Waals surface area contributed by atoms with Crippen molar-refractivity contribution in [3.8, 4) is 0 Å². The number of carbonyl (C=O) groups is 4. The topological polar surface area (TPSA) is 105 Å². The number of benzene rings is 3. The van der Waals surface area contributed by atoms with Crippen molar-refractivity contribution in [3.05, 3.63) is 99.7 Å². The van der Waals surface area contributed by atoms with Gasteiger partial charge in [-0.15, -0.1) is 0 Å². The lowest BCUT2D eigenvalue weighted by Crippen LogP contribution is -2.32. The van der Waals surface area contributed by atoms with E-state index in [0.717, 1.165) is 4.90 Å². The Hall–Kier alpha value is -4.14. The normalized spacial score (nSPS) is 13.3. The summed E-state index contributed by atoms with van der Waals surface area (Å²) in [6.07, 6.45) is -0.333. The van der Waals surface area contributed by atoms with Crippen LogP contribution in [0.3, 0.4) is 0 Å². The molecule has 37 heavy (non-hydrogen) atoms. The van der Waals surface area contributed by atoms with Crippen molar-refractivity contribution in [1.29, 1.82) is 0 Å². The highest BCUT2D eigenvalue weighted by molar-refractivity contribution is 6.53. The number of nitrogens with zero attached hydrogens (tertiary/aromatic N) is 1. The molecule has 0 atom stereocenters. The Morgan fingerprint density at radius 3 is 2.30 bits per heavy atom. The molecule has 3 aromatic rings. The zero-order valence-electron chi connectivity index (χ0n) is 19.7. The second kappa shape index (κ2) is 10.9. The summed E-state index contributed by atoms with van der Waals surface area (Å²) in [4.78, 5) is 51.9. The highest BCUT2D eigenvalue weighted by Crippen LogP contribution is 2.31. The molecule has 2 N–H and O–H groups in total. The number of esters is 1. The van der Waals surface area contributed by atoms with Gasteiger partial charge in [-0.2, -0.15) is 0 Å². The summed E-state index contributed by atoms with van der Waals surface area (Å²) in [5, 5.41) is 5.63. The summed E-state index contributed by atoms with van der Waals surface area (Å²) < 4.78 is 5.19. The standard InChI is InChI=1S/C27H21Cl2N3O5/c1-15(2)37-27(36)17-8-6-10-19(14-17)32-25(34)22(29)23(26(32)35)30-18-9-5-7-16(13-18)24(33)31-21-12-4-3-11-20(21)28/h3-15,30H,1-2H3,(H,31,33). The molecule has 0 spiro atoms. The van der Waals surface area contributed by atoms with Gasteiger partial charge in [-0.1, -0.05) is 47.5 Å². The van der Waals surface area contributed by atoms with E-state index >= 15 is 0 Å². The van der Waals surface area contributed by atoms with Crippen molar-refractivity contribution in [2.75, 3.05) is 15.5 Å². The Bertz CT molecular complexity index is 1450. The number of amides is 3. The predicted octanol–water partition coefficient (Wildman–Crippen LogP) is 5.59. The van der Waals surface area contributed by atoms with E-state index in [1.165, 1.54) is 30.3 Å². The number of halogens is 2. The molecule has 3 amide bonds. The number of nitrogens with one attached hydrogen (secondary N) is 2. The van der Waals surface area contributed by atoms with E-state index in [9.17, 15) is 19.2 Å². The maximum absolute atomic E-state index is 13.2. The molecule has 0 aliphatic carbocycles. The van der Waals surface area contributed by atoms with Gasteiger partial charge in [0.05, 0.1) is 28.1 Å². The van der Waals surface area contributed by atoms with E-state index in [1.54, 1.807) is 56.3 Å². The van der Waals surface area contributed by atoms with E-state index in [-0.39, 0.29) is 33.6 Å². The van der Waals surface area contributed by atoms with Crippen LogP contribution >= 0.6 is 23.2 Å². The molecular weight excluding hydrogens is 517 g/mol. The minimum absolute atomic E-state index is 0.162. The quantitative estimate of drug-likeness (QED) is 0.300. The molecule has 1 aliphatic rings. The Morgan fingerprint density at radius 2 is 1.57 bits per heavy atom. The van der Waals surface area contributed by atoms with Gasteiger partial charge in [0.25, 0.3) is 17.7 Å². The average Bonchev–Trinajstić information content (AvgIpc) is 3.08. The Morgan fingerprint density at radius 1 is 0.865 bits per heavy atom. The third-order valence-electron chi connectivity index (χ3n) is 5.23. The molecule has 1 aliphatic heterocycles. The number of hydrogen-bond acceptors (Lipinski definition) is 6. The van der Waals surface area contributed by atoms with Gasteiger partial charge in [0.15, 0.2) is 0 Å².